The minimum absolute atomic E-state index is 0.0988. The Morgan fingerprint density at radius 1 is 1.11 bits per heavy atom. The number of methoxy groups -OCH3 is 2. The Hall–Kier alpha value is -3.02. The van der Waals surface area contributed by atoms with Crippen molar-refractivity contribution in [3.63, 3.8) is 0 Å². The van der Waals surface area contributed by atoms with Gasteiger partial charge < -0.3 is 14.2 Å². The van der Waals surface area contributed by atoms with E-state index in [-0.39, 0.29) is 11.3 Å². The molecule has 6 heteroatoms. The third-order valence-corrected chi connectivity index (χ3v) is 5.23. The minimum atomic E-state index is -0.283. The van der Waals surface area contributed by atoms with Crippen molar-refractivity contribution < 1.29 is 19.0 Å². The van der Waals surface area contributed by atoms with Crippen LogP contribution in [-0.4, -0.2) is 44.0 Å². The van der Waals surface area contributed by atoms with Crippen molar-refractivity contribution >= 4 is 11.6 Å². The fraction of sp³-hybridized carbons (Fsp3) is 0.364. The molecule has 2 heterocycles. The molecule has 0 saturated carbocycles. The van der Waals surface area contributed by atoms with E-state index in [0.717, 1.165) is 29.0 Å². The van der Waals surface area contributed by atoms with Gasteiger partial charge in [0.15, 0.2) is 11.5 Å². The van der Waals surface area contributed by atoms with E-state index in [4.69, 9.17) is 14.2 Å². The zero-order valence-electron chi connectivity index (χ0n) is 16.6. The lowest BCUT2D eigenvalue weighted by Crippen LogP contribution is -2.31. The SMILES string of the molecule is COc1ccc(C2=NN(C(=O)c3ccc4c(c3)CCO4)CC2(C)C)cc1OC. The third-order valence-electron chi connectivity index (χ3n) is 5.23. The molecule has 146 valence electrons. The maximum Gasteiger partial charge on any atom is 0.274 e. The highest BCUT2D eigenvalue weighted by atomic mass is 16.5. The van der Waals surface area contributed by atoms with Crippen LogP contribution < -0.4 is 14.2 Å². The zero-order valence-corrected chi connectivity index (χ0v) is 16.6. The summed E-state index contributed by atoms with van der Waals surface area (Å²) in [6.45, 7) is 5.37. The van der Waals surface area contributed by atoms with Crippen LogP contribution in [0.3, 0.4) is 0 Å². The quantitative estimate of drug-likeness (QED) is 0.814. The lowest BCUT2D eigenvalue weighted by molar-refractivity contribution is 0.0753. The van der Waals surface area contributed by atoms with Gasteiger partial charge in [-0.05, 0) is 42.0 Å². The Balaban J connectivity index is 1.66. The lowest BCUT2D eigenvalue weighted by atomic mass is 9.84. The van der Waals surface area contributed by atoms with Crippen molar-refractivity contribution in [2.75, 3.05) is 27.4 Å². The van der Waals surface area contributed by atoms with Gasteiger partial charge in [-0.2, -0.15) is 5.10 Å². The third kappa shape index (κ3) is 3.09. The van der Waals surface area contributed by atoms with Crippen molar-refractivity contribution in [3.8, 4) is 17.2 Å². The molecule has 6 nitrogen and oxygen atoms in total. The van der Waals surface area contributed by atoms with Gasteiger partial charge in [-0.3, -0.25) is 4.79 Å². The largest absolute Gasteiger partial charge is 0.493 e. The fourth-order valence-corrected chi connectivity index (χ4v) is 3.76. The van der Waals surface area contributed by atoms with E-state index >= 15 is 0 Å². The van der Waals surface area contributed by atoms with Gasteiger partial charge in [0.2, 0.25) is 0 Å². The first-order chi connectivity index (χ1) is 13.4. The summed E-state index contributed by atoms with van der Waals surface area (Å²) in [7, 11) is 3.22. The van der Waals surface area contributed by atoms with Gasteiger partial charge in [-0.25, -0.2) is 5.01 Å². The normalized spacial score (nSPS) is 17.0. The molecular weight excluding hydrogens is 356 g/mol. The van der Waals surface area contributed by atoms with Crippen LogP contribution in [-0.2, 0) is 6.42 Å². The maximum atomic E-state index is 13.1. The number of carbonyl (C=O) groups is 1. The summed E-state index contributed by atoms with van der Waals surface area (Å²) < 4.78 is 16.3. The summed E-state index contributed by atoms with van der Waals surface area (Å²) in [6, 6.07) is 11.3. The van der Waals surface area contributed by atoms with Gasteiger partial charge in [0.1, 0.15) is 5.75 Å². The number of amides is 1. The van der Waals surface area contributed by atoms with E-state index in [1.165, 1.54) is 0 Å². The van der Waals surface area contributed by atoms with Gasteiger partial charge >= 0.3 is 0 Å². The second kappa shape index (κ2) is 6.86. The van der Waals surface area contributed by atoms with E-state index in [2.05, 4.69) is 18.9 Å². The number of nitrogens with zero attached hydrogens (tertiary/aromatic N) is 2. The molecular formula is C22H24N2O4. The van der Waals surface area contributed by atoms with Gasteiger partial charge in [-0.1, -0.05) is 13.8 Å². The van der Waals surface area contributed by atoms with E-state index < -0.39 is 0 Å². The highest BCUT2D eigenvalue weighted by molar-refractivity contribution is 6.08. The molecule has 0 unspecified atom stereocenters. The molecule has 0 spiro atoms. The van der Waals surface area contributed by atoms with Crippen molar-refractivity contribution in [2.24, 2.45) is 10.5 Å². The predicted octanol–water partition coefficient (Wildman–Crippen LogP) is 3.53. The molecule has 2 aromatic carbocycles. The summed E-state index contributed by atoms with van der Waals surface area (Å²) in [4.78, 5) is 13.1. The Morgan fingerprint density at radius 3 is 2.64 bits per heavy atom. The number of fused-ring (bicyclic) bond motifs is 1. The topological polar surface area (TPSA) is 60.4 Å². The molecule has 2 aliphatic heterocycles. The molecule has 0 radical (unpaired) electrons. The molecule has 0 saturated heterocycles. The first kappa shape index (κ1) is 18.3. The van der Waals surface area contributed by atoms with E-state index in [1.54, 1.807) is 19.2 Å². The molecule has 0 fully saturated rings. The summed E-state index contributed by atoms with van der Waals surface area (Å²) in [6.07, 6.45) is 0.835. The van der Waals surface area contributed by atoms with Gasteiger partial charge in [0, 0.05) is 23.0 Å². The molecule has 1 amide bonds. The van der Waals surface area contributed by atoms with Gasteiger partial charge in [-0.15, -0.1) is 0 Å². The maximum absolute atomic E-state index is 13.1. The summed E-state index contributed by atoms with van der Waals surface area (Å²) in [5, 5.41) is 6.24. The molecule has 4 rings (SSSR count). The van der Waals surface area contributed by atoms with Crippen LogP contribution >= 0.6 is 0 Å². The standard InChI is InChI=1S/C22H24N2O4/c1-22(2)13-24(21(25)16-6-7-17-14(11-16)9-10-28-17)23-20(22)15-5-8-18(26-3)19(12-15)27-4/h5-8,11-12H,9-10,13H2,1-4H3. The summed E-state index contributed by atoms with van der Waals surface area (Å²) >= 11 is 0. The molecule has 2 aliphatic rings. The Labute approximate surface area is 164 Å². The van der Waals surface area contributed by atoms with Gasteiger partial charge in [0.05, 0.1) is 33.1 Å². The molecule has 28 heavy (non-hydrogen) atoms. The highest BCUT2D eigenvalue weighted by Crippen LogP contribution is 2.35. The van der Waals surface area contributed by atoms with Crippen LogP contribution in [0, 0.1) is 5.41 Å². The van der Waals surface area contributed by atoms with E-state index in [1.807, 2.05) is 36.4 Å². The van der Waals surface area contributed by atoms with Crippen molar-refractivity contribution in [1.29, 1.82) is 0 Å². The average Bonchev–Trinajstić information content (AvgIpc) is 3.29. The second-order valence-corrected chi connectivity index (χ2v) is 7.69. The highest BCUT2D eigenvalue weighted by Gasteiger charge is 2.38. The summed E-state index contributed by atoms with van der Waals surface area (Å²) in [5.74, 6) is 2.07. The first-order valence-corrected chi connectivity index (χ1v) is 9.32. The molecule has 0 N–H and O–H groups in total. The fourth-order valence-electron chi connectivity index (χ4n) is 3.76. The molecule has 0 aromatic heterocycles. The van der Waals surface area contributed by atoms with Crippen LogP contribution in [0.25, 0.3) is 0 Å². The molecule has 0 bridgehead atoms. The van der Waals surface area contributed by atoms with Crippen molar-refractivity contribution in [1.82, 2.24) is 5.01 Å². The van der Waals surface area contributed by atoms with E-state index in [9.17, 15) is 4.79 Å². The van der Waals surface area contributed by atoms with Crippen LogP contribution in [0.5, 0.6) is 17.2 Å². The number of hydrogen-bond acceptors (Lipinski definition) is 5. The number of ether oxygens (including phenoxy) is 3. The Bertz CT molecular complexity index is 965. The lowest BCUT2D eigenvalue weighted by Gasteiger charge is -2.21. The second-order valence-electron chi connectivity index (χ2n) is 7.69. The average molecular weight is 380 g/mol. The predicted molar refractivity (Wildman–Crippen MR) is 107 cm³/mol. The van der Waals surface area contributed by atoms with Crippen molar-refractivity contribution in [2.45, 2.75) is 20.3 Å². The first-order valence-electron chi connectivity index (χ1n) is 9.32. The van der Waals surface area contributed by atoms with Crippen LogP contribution in [0.2, 0.25) is 0 Å². The Morgan fingerprint density at radius 2 is 1.89 bits per heavy atom. The number of benzene rings is 2. The molecule has 0 atom stereocenters. The Kier molecular flexibility index (Phi) is 4.49. The zero-order chi connectivity index (χ0) is 19.9. The smallest absolute Gasteiger partial charge is 0.274 e. The summed E-state index contributed by atoms with van der Waals surface area (Å²) in [5.41, 5.74) is 3.20. The van der Waals surface area contributed by atoms with Crippen LogP contribution in [0.15, 0.2) is 41.5 Å². The number of rotatable bonds is 4. The monoisotopic (exact) mass is 380 g/mol. The van der Waals surface area contributed by atoms with Crippen LogP contribution in [0.4, 0.5) is 0 Å². The van der Waals surface area contributed by atoms with Gasteiger partial charge in [0.25, 0.3) is 5.91 Å². The number of hydrogen-bond donors (Lipinski definition) is 0. The van der Waals surface area contributed by atoms with E-state index in [0.29, 0.717) is 30.2 Å². The number of carbonyl (C=O) groups excluding carboxylic acids is 1. The van der Waals surface area contributed by atoms with Crippen molar-refractivity contribution in [3.05, 3.63) is 53.1 Å². The molecule has 0 aliphatic carbocycles. The molecule has 2 aromatic rings. The minimum Gasteiger partial charge on any atom is -0.493 e. The van der Waals surface area contributed by atoms with Crippen LogP contribution in [0.1, 0.15) is 35.3 Å². The number of hydrazone groups is 1.